The molecule has 31 heavy (non-hydrogen) atoms. The predicted octanol–water partition coefficient (Wildman–Crippen LogP) is 3.27. The highest BCUT2D eigenvalue weighted by Crippen LogP contribution is 2.28. The van der Waals surface area contributed by atoms with Crippen molar-refractivity contribution in [2.45, 2.75) is 31.6 Å². The SMILES string of the molecule is CCN(CC)S(=O)(=O)c1ccc(Cl)c(NC(=O)COc2ccc3c(c2)CCC(=O)N3)c1. The van der Waals surface area contributed by atoms with E-state index in [4.69, 9.17) is 16.3 Å². The number of halogens is 1. The van der Waals surface area contributed by atoms with Crippen molar-refractivity contribution < 1.29 is 22.7 Å². The Morgan fingerprint density at radius 2 is 1.90 bits per heavy atom. The summed E-state index contributed by atoms with van der Waals surface area (Å²) in [6.45, 7) is 3.90. The Hall–Kier alpha value is -2.62. The van der Waals surface area contributed by atoms with Crippen molar-refractivity contribution in [3.63, 3.8) is 0 Å². The van der Waals surface area contributed by atoms with Crippen LogP contribution in [0.2, 0.25) is 5.02 Å². The predicted molar refractivity (Wildman–Crippen MR) is 119 cm³/mol. The molecule has 1 aliphatic heterocycles. The molecule has 0 aliphatic carbocycles. The van der Waals surface area contributed by atoms with Gasteiger partial charge in [0, 0.05) is 25.2 Å². The minimum Gasteiger partial charge on any atom is -0.484 e. The van der Waals surface area contributed by atoms with E-state index in [9.17, 15) is 18.0 Å². The molecule has 1 aliphatic rings. The molecule has 0 atom stereocenters. The first-order valence-electron chi connectivity index (χ1n) is 9.89. The zero-order valence-electron chi connectivity index (χ0n) is 17.3. The molecular weight excluding hydrogens is 442 g/mol. The average Bonchev–Trinajstić information content (AvgIpc) is 2.74. The molecule has 0 radical (unpaired) electrons. The van der Waals surface area contributed by atoms with E-state index in [1.807, 2.05) is 0 Å². The fourth-order valence-electron chi connectivity index (χ4n) is 3.26. The second-order valence-corrected chi connectivity index (χ2v) is 9.28. The van der Waals surface area contributed by atoms with Gasteiger partial charge in [0.05, 0.1) is 15.6 Å². The fourth-order valence-corrected chi connectivity index (χ4v) is 4.91. The largest absolute Gasteiger partial charge is 0.484 e. The lowest BCUT2D eigenvalue weighted by Crippen LogP contribution is -2.30. The minimum atomic E-state index is -3.68. The first-order chi connectivity index (χ1) is 14.7. The molecule has 1 heterocycles. The van der Waals surface area contributed by atoms with E-state index in [0.29, 0.717) is 31.7 Å². The monoisotopic (exact) mass is 465 g/mol. The second-order valence-electron chi connectivity index (χ2n) is 6.93. The summed E-state index contributed by atoms with van der Waals surface area (Å²) < 4.78 is 32.3. The summed E-state index contributed by atoms with van der Waals surface area (Å²) >= 11 is 6.15. The van der Waals surface area contributed by atoms with Crippen molar-refractivity contribution in [1.82, 2.24) is 4.31 Å². The summed E-state index contributed by atoms with van der Waals surface area (Å²) in [4.78, 5) is 23.9. The van der Waals surface area contributed by atoms with Crippen molar-refractivity contribution in [3.05, 3.63) is 47.0 Å². The Labute approximate surface area is 186 Å². The van der Waals surface area contributed by atoms with E-state index < -0.39 is 15.9 Å². The van der Waals surface area contributed by atoms with Gasteiger partial charge in [-0.15, -0.1) is 0 Å². The number of carbonyl (C=O) groups excluding carboxylic acids is 2. The van der Waals surface area contributed by atoms with E-state index in [1.165, 1.54) is 22.5 Å². The first-order valence-corrected chi connectivity index (χ1v) is 11.7. The maximum Gasteiger partial charge on any atom is 0.262 e. The Bertz CT molecular complexity index is 1100. The third kappa shape index (κ3) is 5.36. The number of carbonyl (C=O) groups is 2. The second kappa shape index (κ2) is 9.67. The van der Waals surface area contributed by atoms with Crippen LogP contribution in [0.15, 0.2) is 41.3 Å². The highest BCUT2D eigenvalue weighted by atomic mass is 35.5. The molecular formula is C21H24ClN3O5S. The molecule has 166 valence electrons. The van der Waals surface area contributed by atoms with Crippen LogP contribution in [-0.4, -0.2) is 44.2 Å². The van der Waals surface area contributed by atoms with Gasteiger partial charge in [-0.3, -0.25) is 9.59 Å². The standard InChI is InChI=1S/C21H24ClN3O5S/c1-3-25(4-2)31(28,29)16-7-8-17(22)19(12-16)24-21(27)13-30-15-6-9-18-14(11-15)5-10-20(26)23-18/h6-9,11-12H,3-5,10,13H2,1-2H3,(H,23,26)(H,24,27). The summed E-state index contributed by atoms with van der Waals surface area (Å²) in [5.41, 5.74) is 1.87. The number of ether oxygens (including phenoxy) is 1. The number of fused-ring (bicyclic) bond motifs is 1. The van der Waals surface area contributed by atoms with Gasteiger partial charge in [-0.05, 0) is 48.4 Å². The fraction of sp³-hybridized carbons (Fsp3) is 0.333. The summed E-state index contributed by atoms with van der Waals surface area (Å²) in [5.74, 6) is -0.0121. The molecule has 0 saturated carbocycles. The highest BCUT2D eigenvalue weighted by molar-refractivity contribution is 7.89. The number of hydrogen-bond donors (Lipinski definition) is 2. The van der Waals surface area contributed by atoms with Crippen molar-refractivity contribution in [2.75, 3.05) is 30.3 Å². The van der Waals surface area contributed by atoms with Crippen LogP contribution in [0.4, 0.5) is 11.4 Å². The molecule has 2 amide bonds. The number of nitrogens with zero attached hydrogens (tertiary/aromatic N) is 1. The molecule has 0 spiro atoms. The van der Waals surface area contributed by atoms with E-state index >= 15 is 0 Å². The molecule has 0 fully saturated rings. The number of anilines is 2. The summed E-state index contributed by atoms with van der Waals surface area (Å²) in [5, 5.41) is 5.60. The van der Waals surface area contributed by atoms with Crippen LogP contribution < -0.4 is 15.4 Å². The van der Waals surface area contributed by atoms with E-state index in [-0.39, 0.29) is 28.1 Å². The van der Waals surface area contributed by atoms with Crippen LogP contribution in [0.5, 0.6) is 5.75 Å². The zero-order valence-corrected chi connectivity index (χ0v) is 18.8. The Morgan fingerprint density at radius 1 is 1.16 bits per heavy atom. The lowest BCUT2D eigenvalue weighted by Gasteiger charge is -2.19. The van der Waals surface area contributed by atoms with Crippen molar-refractivity contribution in [1.29, 1.82) is 0 Å². The van der Waals surface area contributed by atoms with E-state index in [1.54, 1.807) is 32.0 Å². The molecule has 8 nitrogen and oxygen atoms in total. The molecule has 10 heteroatoms. The van der Waals surface area contributed by atoms with Crippen LogP contribution in [0.3, 0.4) is 0 Å². The van der Waals surface area contributed by atoms with Gasteiger partial charge in [-0.1, -0.05) is 25.4 Å². The van der Waals surface area contributed by atoms with Crippen LogP contribution in [0.1, 0.15) is 25.8 Å². The van der Waals surface area contributed by atoms with Crippen LogP contribution in [0.25, 0.3) is 0 Å². The lowest BCUT2D eigenvalue weighted by molar-refractivity contribution is -0.118. The van der Waals surface area contributed by atoms with Crippen molar-refractivity contribution in [2.24, 2.45) is 0 Å². The maximum atomic E-state index is 12.7. The van der Waals surface area contributed by atoms with Gasteiger partial charge < -0.3 is 15.4 Å². The summed E-state index contributed by atoms with van der Waals surface area (Å²) in [6.07, 6.45) is 1.01. The van der Waals surface area contributed by atoms with E-state index in [0.717, 1.165) is 11.3 Å². The number of nitrogens with one attached hydrogen (secondary N) is 2. The van der Waals surface area contributed by atoms with Gasteiger partial charge in [-0.2, -0.15) is 4.31 Å². The number of aryl methyl sites for hydroxylation is 1. The Balaban J connectivity index is 1.67. The Morgan fingerprint density at radius 3 is 2.61 bits per heavy atom. The highest BCUT2D eigenvalue weighted by Gasteiger charge is 2.23. The van der Waals surface area contributed by atoms with Crippen molar-refractivity contribution in [3.8, 4) is 5.75 Å². The normalized spacial score (nSPS) is 13.5. The van der Waals surface area contributed by atoms with Gasteiger partial charge in [0.2, 0.25) is 15.9 Å². The summed E-state index contributed by atoms with van der Waals surface area (Å²) in [7, 11) is -3.68. The van der Waals surface area contributed by atoms with Crippen molar-refractivity contribution >= 4 is 44.8 Å². The molecule has 0 unspecified atom stereocenters. The number of hydrogen-bond acceptors (Lipinski definition) is 5. The van der Waals surface area contributed by atoms with Gasteiger partial charge in [0.15, 0.2) is 6.61 Å². The van der Waals surface area contributed by atoms with Gasteiger partial charge in [-0.25, -0.2) is 8.42 Å². The Kier molecular flexibility index (Phi) is 7.19. The molecule has 2 aromatic rings. The van der Waals surface area contributed by atoms with Crippen LogP contribution in [0, 0.1) is 0 Å². The van der Waals surface area contributed by atoms with Gasteiger partial charge in [0.1, 0.15) is 5.75 Å². The molecule has 0 bridgehead atoms. The number of benzene rings is 2. The summed E-state index contributed by atoms with van der Waals surface area (Å²) in [6, 6.07) is 9.38. The van der Waals surface area contributed by atoms with Crippen LogP contribution >= 0.6 is 11.6 Å². The maximum absolute atomic E-state index is 12.7. The molecule has 2 aromatic carbocycles. The molecule has 3 rings (SSSR count). The van der Waals surface area contributed by atoms with Gasteiger partial charge >= 0.3 is 0 Å². The molecule has 2 N–H and O–H groups in total. The lowest BCUT2D eigenvalue weighted by atomic mass is 10.0. The number of rotatable bonds is 8. The smallest absolute Gasteiger partial charge is 0.262 e. The minimum absolute atomic E-state index is 0.0253. The molecule has 0 saturated heterocycles. The third-order valence-corrected chi connectivity index (χ3v) is 7.27. The topological polar surface area (TPSA) is 105 Å². The van der Waals surface area contributed by atoms with Crippen LogP contribution in [-0.2, 0) is 26.0 Å². The molecule has 0 aromatic heterocycles. The quantitative estimate of drug-likeness (QED) is 0.622. The zero-order chi connectivity index (χ0) is 22.6. The average molecular weight is 466 g/mol. The van der Waals surface area contributed by atoms with Gasteiger partial charge in [0.25, 0.3) is 5.91 Å². The van der Waals surface area contributed by atoms with E-state index in [2.05, 4.69) is 10.6 Å². The first kappa shape index (κ1) is 23.1. The number of sulfonamides is 1. The third-order valence-electron chi connectivity index (χ3n) is 4.90. The number of amides is 2.